The lowest BCUT2D eigenvalue weighted by atomic mass is 10.1. The second-order valence-corrected chi connectivity index (χ2v) is 5.80. The van der Waals surface area contributed by atoms with Crippen molar-refractivity contribution in [2.75, 3.05) is 0 Å². The molecule has 6 nitrogen and oxygen atoms in total. The topological polar surface area (TPSA) is 77.0 Å². The Balaban J connectivity index is 0.00000243. The largest absolute Gasteiger partial charge is 1.00 e. The summed E-state index contributed by atoms with van der Waals surface area (Å²) in [5, 5.41) is 11.4. The van der Waals surface area contributed by atoms with Crippen LogP contribution in [0.5, 0.6) is 0 Å². The Morgan fingerprint density at radius 1 is 1.15 bits per heavy atom. The number of non-ortho nitro benzene ring substituents is 1. The van der Waals surface area contributed by atoms with Crippen molar-refractivity contribution in [3.05, 3.63) is 87.8 Å². The van der Waals surface area contributed by atoms with Crippen LogP contribution in [0, 0.1) is 10.1 Å². The van der Waals surface area contributed by atoms with E-state index in [9.17, 15) is 14.9 Å². The van der Waals surface area contributed by atoms with Crippen LogP contribution in [0.2, 0.25) is 5.02 Å². The predicted molar refractivity (Wildman–Crippen MR) is 92.3 cm³/mol. The molecule has 3 rings (SSSR count). The van der Waals surface area contributed by atoms with Gasteiger partial charge in [0.2, 0.25) is 5.78 Å². The van der Waals surface area contributed by atoms with Crippen LogP contribution in [0.25, 0.3) is 11.3 Å². The molecular formula is C18H13BrClN3O3. The Hall–Kier alpha value is -2.64. The Bertz CT molecular complexity index is 948. The number of halogens is 2. The number of hydrogen-bond acceptors (Lipinski definition) is 4. The lowest BCUT2D eigenvalue weighted by Crippen LogP contribution is -3.00. The number of nitrogens with zero attached hydrogens (tertiary/aromatic N) is 3. The standard InChI is InChI=1S/C18H13ClN3O3.BrH/c19-15-5-1-3-13(9-15)17-7-8-21(12-20-17)11-18(23)14-4-2-6-16(10-14)22(24)25;/h1-10,12H,11H2;1H/q+1;/p-1. The average Bonchev–Trinajstić information content (AvgIpc) is 2.62. The third-order valence-electron chi connectivity index (χ3n) is 3.59. The maximum Gasteiger partial charge on any atom is 0.287 e. The van der Waals surface area contributed by atoms with Crippen LogP contribution in [0.3, 0.4) is 0 Å². The second kappa shape index (κ2) is 8.64. The van der Waals surface area contributed by atoms with Crippen LogP contribution < -0.4 is 21.5 Å². The number of ketones is 1. The molecule has 2 aromatic carbocycles. The smallest absolute Gasteiger partial charge is 0.287 e. The van der Waals surface area contributed by atoms with E-state index in [1.807, 2.05) is 18.2 Å². The highest BCUT2D eigenvalue weighted by atomic mass is 79.9. The van der Waals surface area contributed by atoms with Gasteiger partial charge in [-0.05, 0) is 17.1 Å². The molecule has 0 amide bonds. The van der Waals surface area contributed by atoms with E-state index in [4.69, 9.17) is 11.6 Å². The highest BCUT2D eigenvalue weighted by Gasteiger charge is 2.15. The second-order valence-electron chi connectivity index (χ2n) is 5.36. The fourth-order valence-electron chi connectivity index (χ4n) is 2.35. The van der Waals surface area contributed by atoms with Crippen molar-refractivity contribution in [1.82, 2.24) is 4.98 Å². The van der Waals surface area contributed by atoms with Crippen molar-refractivity contribution < 1.29 is 31.3 Å². The van der Waals surface area contributed by atoms with E-state index < -0.39 is 4.92 Å². The zero-order chi connectivity index (χ0) is 17.8. The van der Waals surface area contributed by atoms with Gasteiger partial charge in [-0.2, -0.15) is 0 Å². The number of carbonyl (C=O) groups is 1. The Morgan fingerprint density at radius 3 is 2.58 bits per heavy atom. The third-order valence-corrected chi connectivity index (χ3v) is 3.83. The van der Waals surface area contributed by atoms with Gasteiger partial charge in [-0.15, -0.1) is 0 Å². The lowest BCUT2D eigenvalue weighted by molar-refractivity contribution is -0.686. The zero-order valence-corrected chi connectivity index (χ0v) is 15.7. The fourth-order valence-corrected chi connectivity index (χ4v) is 2.54. The molecule has 0 spiro atoms. The Kier molecular flexibility index (Phi) is 6.54. The van der Waals surface area contributed by atoms with Gasteiger partial charge >= 0.3 is 0 Å². The monoisotopic (exact) mass is 433 g/mol. The maximum absolute atomic E-state index is 12.3. The number of carbonyl (C=O) groups excluding carboxylic acids is 1. The van der Waals surface area contributed by atoms with Crippen LogP contribution in [-0.4, -0.2) is 15.7 Å². The predicted octanol–water partition coefficient (Wildman–Crippen LogP) is 0.485. The normalized spacial score (nSPS) is 10.0. The van der Waals surface area contributed by atoms with Crippen LogP contribution in [0.4, 0.5) is 5.69 Å². The van der Waals surface area contributed by atoms with Gasteiger partial charge in [0.25, 0.3) is 12.0 Å². The SMILES string of the molecule is O=C(C[n+]1ccc(-c2cccc(Cl)c2)nc1)c1cccc([N+](=O)[O-])c1.[Br-]. The van der Waals surface area contributed by atoms with Crippen LogP contribution in [0.1, 0.15) is 10.4 Å². The minimum Gasteiger partial charge on any atom is -1.00 e. The molecule has 132 valence electrons. The number of nitro benzene ring substituents is 1. The molecule has 3 aromatic rings. The summed E-state index contributed by atoms with van der Waals surface area (Å²) in [6, 6.07) is 14.8. The van der Waals surface area contributed by atoms with Gasteiger partial charge in [0, 0.05) is 34.3 Å². The quantitative estimate of drug-likeness (QED) is 0.253. The van der Waals surface area contributed by atoms with Crippen molar-refractivity contribution in [2.24, 2.45) is 0 Å². The Labute approximate surface area is 165 Å². The molecule has 8 heteroatoms. The summed E-state index contributed by atoms with van der Waals surface area (Å²) in [6.45, 7) is 0.0456. The fraction of sp³-hybridized carbons (Fsp3) is 0.0556. The number of rotatable bonds is 5. The summed E-state index contributed by atoms with van der Waals surface area (Å²) in [6.07, 6.45) is 3.28. The van der Waals surface area contributed by atoms with Gasteiger partial charge < -0.3 is 17.0 Å². The van der Waals surface area contributed by atoms with E-state index in [-0.39, 0.29) is 35.0 Å². The number of aromatic nitrogens is 2. The molecule has 0 unspecified atom stereocenters. The van der Waals surface area contributed by atoms with Gasteiger partial charge in [-0.3, -0.25) is 14.9 Å². The van der Waals surface area contributed by atoms with E-state index in [0.717, 1.165) is 11.3 Å². The van der Waals surface area contributed by atoms with E-state index in [1.54, 1.807) is 35.3 Å². The molecule has 1 heterocycles. The summed E-state index contributed by atoms with van der Waals surface area (Å²) in [7, 11) is 0. The highest BCUT2D eigenvalue weighted by Crippen LogP contribution is 2.19. The minimum absolute atomic E-state index is 0. The summed E-state index contributed by atoms with van der Waals surface area (Å²) in [5.41, 5.74) is 1.80. The number of hydrogen-bond donors (Lipinski definition) is 0. The van der Waals surface area contributed by atoms with E-state index in [1.165, 1.54) is 18.2 Å². The molecular weight excluding hydrogens is 422 g/mol. The van der Waals surface area contributed by atoms with Crippen molar-refractivity contribution in [1.29, 1.82) is 0 Å². The van der Waals surface area contributed by atoms with E-state index in [2.05, 4.69) is 4.98 Å². The average molecular weight is 435 g/mol. The summed E-state index contributed by atoms with van der Waals surface area (Å²) in [5.74, 6) is -0.231. The van der Waals surface area contributed by atoms with E-state index >= 15 is 0 Å². The van der Waals surface area contributed by atoms with Crippen LogP contribution >= 0.6 is 11.6 Å². The molecule has 1 aromatic heterocycles. The molecule has 0 saturated heterocycles. The van der Waals surface area contributed by atoms with Gasteiger partial charge in [0.15, 0.2) is 12.2 Å². The maximum atomic E-state index is 12.3. The number of benzene rings is 2. The minimum atomic E-state index is -0.523. The van der Waals surface area contributed by atoms with Gasteiger partial charge in [0.1, 0.15) is 0 Å². The highest BCUT2D eigenvalue weighted by molar-refractivity contribution is 6.30. The van der Waals surface area contributed by atoms with E-state index in [0.29, 0.717) is 10.6 Å². The van der Waals surface area contributed by atoms with Crippen LogP contribution in [-0.2, 0) is 6.54 Å². The zero-order valence-electron chi connectivity index (χ0n) is 13.4. The molecule has 0 radical (unpaired) electrons. The third kappa shape index (κ3) is 4.71. The Morgan fingerprint density at radius 2 is 1.92 bits per heavy atom. The first-order chi connectivity index (χ1) is 12.0. The molecule has 0 N–H and O–H groups in total. The molecule has 26 heavy (non-hydrogen) atoms. The van der Waals surface area contributed by atoms with Gasteiger partial charge in [-0.1, -0.05) is 35.9 Å². The van der Waals surface area contributed by atoms with Crippen molar-refractivity contribution in [3.63, 3.8) is 0 Å². The molecule has 0 fully saturated rings. The summed E-state index contributed by atoms with van der Waals surface area (Å²) in [4.78, 5) is 26.9. The molecule has 0 aliphatic rings. The first kappa shape index (κ1) is 19.7. The number of Topliss-reactive ketones (excluding diaryl/α,β-unsaturated/α-hetero) is 1. The molecule has 0 saturated carbocycles. The molecule has 0 aliphatic carbocycles. The van der Waals surface area contributed by atoms with Gasteiger partial charge in [0.05, 0.1) is 11.1 Å². The first-order valence-corrected chi connectivity index (χ1v) is 7.79. The lowest BCUT2D eigenvalue weighted by Gasteiger charge is -2.01. The molecule has 0 aliphatic heterocycles. The van der Waals surface area contributed by atoms with Crippen LogP contribution in [0.15, 0.2) is 67.1 Å². The summed E-state index contributed by atoms with van der Waals surface area (Å²) < 4.78 is 1.62. The van der Waals surface area contributed by atoms with Gasteiger partial charge in [-0.25, -0.2) is 4.57 Å². The van der Waals surface area contributed by atoms with Crippen molar-refractivity contribution in [3.8, 4) is 11.3 Å². The molecule has 0 atom stereocenters. The number of nitro groups is 1. The summed E-state index contributed by atoms with van der Waals surface area (Å²) >= 11 is 5.97. The van der Waals surface area contributed by atoms with Crippen molar-refractivity contribution >= 4 is 23.1 Å². The van der Waals surface area contributed by atoms with Crippen molar-refractivity contribution in [2.45, 2.75) is 6.54 Å². The molecule has 0 bridgehead atoms. The first-order valence-electron chi connectivity index (χ1n) is 7.41.